The maximum Gasteiger partial charge on any atom is 0.208 e. The van der Waals surface area contributed by atoms with Crippen LogP contribution in [0.2, 0.25) is 0 Å². The Hall–Kier alpha value is -2.86. The smallest absolute Gasteiger partial charge is 0.208 e. The number of benzene rings is 2. The van der Waals surface area contributed by atoms with Crippen molar-refractivity contribution in [2.45, 2.75) is 45.0 Å². The van der Waals surface area contributed by atoms with Crippen LogP contribution in [-0.4, -0.2) is 24.6 Å². The van der Waals surface area contributed by atoms with Gasteiger partial charge in [0.1, 0.15) is 18.2 Å². The van der Waals surface area contributed by atoms with Crippen LogP contribution in [0.25, 0.3) is 0 Å². The van der Waals surface area contributed by atoms with Crippen molar-refractivity contribution < 1.29 is 28.1 Å². The van der Waals surface area contributed by atoms with Crippen LogP contribution >= 0.6 is 0 Å². The largest absolute Gasteiger partial charge is 0.493 e. The highest BCUT2D eigenvalue weighted by molar-refractivity contribution is 5.96. The molecule has 3 atom stereocenters. The van der Waals surface area contributed by atoms with Crippen molar-refractivity contribution in [1.29, 1.82) is 0 Å². The van der Waals surface area contributed by atoms with Gasteiger partial charge in [0.15, 0.2) is 11.5 Å². The van der Waals surface area contributed by atoms with Gasteiger partial charge in [-0.1, -0.05) is 24.3 Å². The van der Waals surface area contributed by atoms with E-state index in [9.17, 15) is 9.18 Å². The molecule has 3 unspecified atom stereocenters. The first-order valence-corrected chi connectivity index (χ1v) is 10.3. The zero-order chi connectivity index (χ0) is 20.9. The molecule has 0 saturated heterocycles. The van der Waals surface area contributed by atoms with Crippen molar-refractivity contribution in [3.63, 3.8) is 0 Å². The van der Waals surface area contributed by atoms with Gasteiger partial charge >= 0.3 is 0 Å². The maximum atomic E-state index is 13.0. The summed E-state index contributed by atoms with van der Waals surface area (Å²) >= 11 is 0. The van der Waals surface area contributed by atoms with Crippen molar-refractivity contribution in [2.75, 3.05) is 6.61 Å². The third-order valence-corrected chi connectivity index (χ3v) is 5.44. The van der Waals surface area contributed by atoms with Gasteiger partial charge in [-0.3, -0.25) is 4.79 Å². The number of allylic oxidation sites excluding steroid dienone is 1. The van der Waals surface area contributed by atoms with Crippen LogP contribution in [0.4, 0.5) is 4.39 Å². The Bertz CT molecular complexity index is 908. The summed E-state index contributed by atoms with van der Waals surface area (Å²) in [5.74, 6) is 0.742. The quantitative estimate of drug-likeness (QED) is 0.654. The Morgan fingerprint density at radius 3 is 2.60 bits per heavy atom. The molecule has 0 bridgehead atoms. The number of carbonyl (C=O) groups is 1. The summed E-state index contributed by atoms with van der Waals surface area (Å²) in [6, 6.07) is 13.5. The predicted octanol–water partition coefficient (Wildman–Crippen LogP) is 4.80. The van der Waals surface area contributed by atoms with Crippen LogP contribution in [0.1, 0.15) is 31.7 Å². The molecule has 0 spiro atoms. The van der Waals surface area contributed by atoms with Crippen LogP contribution in [0, 0.1) is 11.7 Å². The zero-order valence-corrected chi connectivity index (χ0v) is 16.9. The average molecular weight is 412 g/mol. The van der Waals surface area contributed by atoms with Crippen LogP contribution in [0.3, 0.4) is 0 Å². The number of hydrogen-bond donors (Lipinski definition) is 0. The lowest BCUT2D eigenvalue weighted by atomic mass is 9.80. The molecule has 0 amide bonds. The highest BCUT2D eigenvalue weighted by atomic mass is 19.1. The lowest BCUT2D eigenvalue weighted by molar-refractivity contribution is -0.134. The summed E-state index contributed by atoms with van der Waals surface area (Å²) < 4.78 is 36.3. The molecule has 0 radical (unpaired) electrons. The Kier molecular flexibility index (Phi) is 6.33. The second kappa shape index (κ2) is 9.30. The number of Topliss-reactive ketones (excluding diaryl/α,β-unsaturated/α-hetero) is 1. The van der Waals surface area contributed by atoms with Gasteiger partial charge < -0.3 is 18.9 Å². The number of rotatable bonds is 7. The molecule has 2 aromatic carbocycles. The Morgan fingerprint density at radius 1 is 1.07 bits per heavy atom. The Labute approximate surface area is 175 Å². The fourth-order valence-electron chi connectivity index (χ4n) is 3.88. The summed E-state index contributed by atoms with van der Waals surface area (Å²) in [4.78, 5) is 13.0. The van der Waals surface area contributed by atoms with Gasteiger partial charge in [0.05, 0.1) is 25.2 Å². The molecule has 4 rings (SSSR count). The fourth-order valence-corrected chi connectivity index (χ4v) is 3.88. The molecule has 30 heavy (non-hydrogen) atoms. The second-order valence-corrected chi connectivity index (χ2v) is 7.48. The van der Waals surface area contributed by atoms with E-state index >= 15 is 0 Å². The van der Waals surface area contributed by atoms with Gasteiger partial charge in [-0.15, -0.1) is 0 Å². The number of fused-ring (bicyclic) bond motifs is 1. The Morgan fingerprint density at radius 2 is 1.83 bits per heavy atom. The summed E-state index contributed by atoms with van der Waals surface area (Å²) in [7, 11) is 0. The fraction of sp³-hybridized carbons (Fsp3) is 0.375. The van der Waals surface area contributed by atoms with E-state index in [1.807, 2.05) is 19.1 Å². The lowest BCUT2D eigenvalue weighted by Gasteiger charge is -2.37. The molecule has 2 aliphatic rings. The summed E-state index contributed by atoms with van der Waals surface area (Å²) in [5.41, 5.74) is 0.919. The van der Waals surface area contributed by atoms with E-state index in [1.54, 1.807) is 24.3 Å². The highest BCUT2D eigenvalue weighted by Gasteiger charge is 2.41. The second-order valence-electron chi connectivity index (χ2n) is 7.48. The van der Waals surface area contributed by atoms with E-state index in [0.29, 0.717) is 37.6 Å². The number of hydrogen-bond acceptors (Lipinski definition) is 5. The summed E-state index contributed by atoms with van der Waals surface area (Å²) in [6.07, 6.45) is 3.26. The van der Waals surface area contributed by atoms with Crippen LogP contribution in [0.5, 0.6) is 11.5 Å². The molecule has 0 aromatic heterocycles. The molecule has 1 aliphatic heterocycles. The molecule has 6 heteroatoms. The van der Waals surface area contributed by atoms with Crippen molar-refractivity contribution in [1.82, 2.24) is 0 Å². The van der Waals surface area contributed by atoms with E-state index in [1.165, 1.54) is 18.4 Å². The number of halogens is 1. The minimum absolute atomic E-state index is 0.00125. The molecular formula is C24H25FO5. The molecule has 1 aliphatic carbocycles. The molecule has 5 nitrogen and oxygen atoms in total. The number of ketones is 1. The highest BCUT2D eigenvalue weighted by Crippen LogP contribution is 2.36. The third kappa shape index (κ3) is 4.65. The standard InChI is InChI=1S/C24H25FO5/c1-2-27-20-5-3-4-6-21(20)30-23-15-29-22-13-18(11-12-19(22)24(23)26)28-14-16-7-9-17(25)10-8-16/h3-10,15,18-19,22H,2,11-14H2,1H3. The minimum atomic E-state index is -0.262. The van der Waals surface area contributed by atoms with Crippen LogP contribution in [-0.2, 0) is 20.9 Å². The summed E-state index contributed by atoms with van der Waals surface area (Å²) in [6.45, 7) is 2.81. The minimum Gasteiger partial charge on any atom is -0.493 e. The Balaban J connectivity index is 1.36. The first-order valence-electron chi connectivity index (χ1n) is 10.3. The van der Waals surface area contributed by atoms with Crippen LogP contribution < -0.4 is 9.47 Å². The van der Waals surface area contributed by atoms with Crippen molar-refractivity contribution in [2.24, 2.45) is 5.92 Å². The lowest BCUT2D eigenvalue weighted by Crippen LogP contribution is -2.42. The average Bonchev–Trinajstić information content (AvgIpc) is 2.77. The number of para-hydroxylation sites is 2. The normalized spacial score (nSPS) is 23.2. The zero-order valence-electron chi connectivity index (χ0n) is 16.9. The van der Waals surface area contributed by atoms with Gasteiger partial charge in [-0.25, -0.2) is 4.39 Å². The molecule has 1 fully saturated rings. The van der Waals surface area contributed by atoms with Gasteiger partial charge in [0.25, 0.3) is 0 Å². The van der Waals surface area contributed by atoms with E-state index < -0.39 is 0 Å². The van der Waals surface area contributed by atoms with Gasteiger partial charge in [-0.05, 0) is 49.6 Å². The monoisotopic (exact) mass is 412 g/mol. The molecule has 1 heterocycles. The number of carbonyl (C=O) groups excluding carboxylic acids is 1. The van der Waals surface area contributed by atoms with Gasteiger partial charge in [-0.2, -0.15) is 0 Å². The van der Waals surface area contributed by atoms with E-state index in [4.69, 9.17) is 18.9 Å². The topological polar surface area (TPSA) is 54.0 Å². The molecule has 158 valence electrons. The number of ether oxygens (including phenoxy) is 4. The van der Waals surface area contributed by atoms with E-state index in [2.05, 4.69) is 0 Å². The van der Waals surface area contributed by atoms with Crippen molar-refractivity contribution in [3.05, 3.63) is 71.9 Å². The van der Waals surface area contributed by atoms with Crippen molar-refractivity contribution in [3.8, 4) is 11.5 Å². The first kappa shape index (κ1) is 20.4. The predicted molar refractivity (Wildman–Crippen MR) is 109 cm³/mol. The van der Waals surface area contributed by atoms with E-state index in [0.717, 1.165) is 12.0 Å². The molecular weight excluding hydrogens is 387 g/mol. The van der Waals surface area contributed by atoms with Crippen molar-refractivity contribution >= 4 is 5.78 Å². The van der Waals surface area contributed by atoms with Gasteiger partial charge in [0, 0.05) is 6.42 Å². The van der Waals surface area contributed by atoms with Crippen LogP contribution in [0.15, 0.2) is 60.6 Å². The summed E-state index contributed by atoms with van der Waals surface area (Å²) in [5, 5.41) is 0. The molecule has 1 saturated carbocycles. The van der Waals surface area contributed by atoms with Gasteiger partial charge in [0.2, 0.25) is 11.5 Å². The third-order valence-electron chi connectivity index (χ3n) is 5.44. The molecule has 2 aromatic rings. The first-order chi connectivity index (χ1) is 14.6. The SMILES string of the molecule is CCOc1ccccc1OC1=COC2CC(OCc3ccc(F)cc3)CCC2C1=O. The maximum absolute atomic E-state index is 13.0. The molecule has 0 N–H and O–H groups in total. The van der Waals surface area contributed by atoms with E-state index in [-0.39, 0.29) is 35.5 Å².